The maximum Gasteiger partial charge on any atom is 0.341 e. The Morgan fingerprint density at radius 1 is 1.47 bits per heavy atom. The minimum atomic E-state index is -1.04. The molecule has 1 aromatic heterocycles. The van der Waals surface area contributed by atoms with Crippen LogP contribution in [-0.2, 0) is 6.54 Å². The van der Waals surface area contributed by atoms with Gasteiger partial charge in [-0.15, -0.1) is 0 Å². The van der Waals surface area contributed by atoms with E-state index in [9.17, 15) is 4.79 Å². The maximum absolute atomic E-state index is 11.1. The van der Waals surface area contributed by atoms with Crippen LogP contribution in [0.25, 0.3) is 0 Å². The lowest BCUT2D eigenvalue weighted by Crippen LogP contribution is -2.10. The topological polar surface area (TPSA) is 75.1 Å². The fraction of sp³-hybridized carbons (Fsp3) is 0.154. The summed E-state index contributed by atoms with van der Waals surface area (Å²) >= 11 is 3.39. The summed E-state index contributed by atoms with van der Waals surface area (Å²) in [5, 5.41) is 12.1. The van der Waals surface area contributed by atoms with Gasteiger partial charge in [0.1, 0.15) is 17.2 Å². The summed E-state index contributed by atoms with van der Waals surface area (Å²) in [5.74, 6) is -0.182. The first-order valence-electron chi connectivity index (χ1n) is 5.61. The van der Waals surface area contributed by atoms with Crippen molar-refractivity contribution in [2.45, 2.75) is 13.5 Å². The molecule has 0 saturated heterocycles. The van der Waals surface area contributed by atoms with Crippen LogP contribution < -0.4 is 5.32 Å². The van der Waals surface area contributed by atoms with Crippen molar-refractivity contribution >= 4 is 27.7 Å². The largest absolute Gasteiger partial charge is 0.477 e. The molecule has 2 rings (SSSR count). The van der Waals surface area contributed by atoms with E-state index in [1.165, 1.54) is 6.20 Å². The zero-order chi connectivity index (χ0) is 13.8. The van der Waals surface area contributed by atoms with Crippen LogP contribution in [0.2, 0.25) is 0 Å². The number of anilines is 1. The molecule has 0 radical (unpaired) electrons. The Labute approximate surface area is 118 Å². The molecular formula is C13H12BrN3O2. The van der Waals surface area contributed by atoms with Crippen LogP contribution in [0.15, 0.2) is 34.9 Å². The summed E-state index contributed by atoms with van der Waals surface area (Å²) in [6.07, 6.45) is 1.31. The van der Waals surface area contributed by atoms with Gasteiger partial charge in [-0.2, -0.15) is 0 Å². The van der Waals surface area contributed by atoms with Crippen molar-refractivity contribution in [3.63, 3.8) is 0 Å². The van der Waals surface area contributed by atoms with Crippen molar-refractivity contribution in [2.24, 2.45) is 0 Å². The summed E-state index contributed by atoms with van der Waals surface area (Å²) in [4.78, 5) is 19.1. The third-order valence-electron chi connectivity index (χ3n) is 2.49. The molecule has 1 heterocycles. The number of carboxylic acids is 1. The van der Waals surface area contributed by atoms with Crippen molar-refractivity contribution < 1.29 is 9.90 Å². The number of carboxylic acid groups (broad SMARTS) is 1. The Morgan fingerprint density at radius 3 is 2.95 bits per heavy atom. The Hall–Kier alpha value is -1.95. The first-order chi connectivity index (χ1) is 9.06. The molecule has 1 aromatic carbocycles. The number of carbonyl (C=O) groups is 1. The molecule has 0 atom stereocenters. The predicted octanol–water partition coefficient (Wildman–Crippen LogP) is 2.86. The van der Waals surface area contributed by atoms with Gasteiger partial charge in [0.25, 0.3) is 0 Å². The summed E-state index contributed by atoms with van der Waals surface area (Å²) in [7, 11) is 0. The number of hydrogen-bond acceptors (Lipinski definition) is 4. The summed E-state index contributed by atoms with van der Waals surface area (Å²) in [5.41, 5.74) is 1.10. The number of hydrogen-bond donors (Lipinski definition) is 2. The lowest BCUT2D eigenvalue weighted by atomic mass is 10.2. The standard InChI is InChI=1S/C13H12BrN3O2/c1-8-15-7-11(13(18)19)12(17-8)16-6-9-3-2-4-10(14)5-9/h2-5,7H,6H2,1H3,(H,18,19)(H,15,16,17). The number of nitrogens with one attached hydrogen (secondary N) is 1. The molecule has 0 aliphatic heterocycles. The van der Waals surface area contributed by atoms with Crippen LogP contribution >= 0.6 is 15.9 Å². The molecule has 0 spiro atoms. The van der Waals surface area contributed by atoms with Gasteiger partial charge in [0.05, 0.1) is 0 Å². The molecule has 0 aliphatic rings. The van der Waals surface area contributed by atoms with Crippen LogP contribution in [0.5, 0.6) is 0 Å². The lowest BCUT2D eigenvalue weighted by molar-refractivity contribution is 0.0697. The van der Waals surface area contributed by atoms with Crippen molar-refractivity contribution in [2.75, 3.05) is 5.32 Å². The lowest BCUT2D eigenvalue weighted by Gasteiger charge is -2.09. The molecule has 19 heavy (non-hydrogen) atoms. The fourth-order valence-electron chi connectivity index (χ4n) is 1.59. The van der Waals surface area contributed by atoms with Crippen LogP contribution in [0.3, 0.4) is 0 Å². The van der Waals surface area contributed by atoms with E-state index in [0.29, 0.717) is 18.2 Å². The highest BCUT2D eigenvalue weighted by atomic mass is 79.9. The zero-order valence-electron chi connectivity index (χ0n) is 10.2. The summed E-state index contributed by atoms with van der Waals surface area (Å²) in [6, 6.07) is 7.76. The number of aryl methyl sites for hydroxylation is 1. The maximum atomic E-state index is 11.1. The molecule has 0 fully saturated rings. The first kappa shape index (κ1) is 13.5. The first-order valence-corrected chi connectivity index (χ1v) is 6.41. The van der Waals surface area contributed by atoms with Crippen LogP contribution in [0, 0.1) is 6.92 Å². The number of aromatic carboxylic acids is 1. The van der Waals surface area contributed by atoms with Gasteiger partial charge in [-0.05, 0) is 24.6 Å². The van der Waals surface area contributed by atoms with Gasteiger partial charge >= 0.3 is 5.97 Å². The van der Waals surface area contributed by atoms with E-state index < -0.39 is 5.97 Å². The third-order valence-corrected chi connectivity index (χ3v) is 2.98. The minimum absolute atomic E-state index is 0.0700. The summed E-state index contributed by atoms with van der Waals surface area (Å²) in [6.45, 7) is 2.21. The second-order valence-corrected chi connectivity index (χ2v) is 4.88. The third kappa shape index (κ3) is 3.51. The molecule has 6 heteroatoms. The van der Waals surface area contributed by atoms with E-state index in [1.54, 1.807) is 6.92 Å². The number of nitrogens with zero attached hydrogens (tertiary/aromatic N) is 2. The SMILES string of the molecule is Cc1ncc(C(=O)O)c(NCc2cccc(Br)c2)n1. The fourth-order valence-corrected chi connectivity index (χ4v) is 2.04. The van der Waals surface area contributed by atoms with E-state index in [0.717, 1.165) is 10.0 Å². The minimum Gasteiger partial charge on any atom is -0.477 e. The van der Waals surface area contributed by atoms with Crippen molar-refractivity contribution in [1.82, 2.24) is 9.97 Å². The van der Waals surface area contributed by atoms with Gasteiger partial charge in [-0.3, -0.25) is 0 Å². The predicted molar refractivity (Wildman–Crippen MR) is 75.2 cm³/mol. The molecule has 0 unspecified atom stereocenters. The number of aromatic nitrogens is 2. The van der Waals surface area contributed by atoms with Gasteiger partial charge in [-0.1, -0.05) is 28.1 Å². The molecular weight excluding hydrogens is 310 g/mol. The van der Waals surface area contributed by atoms with E-state index in [2.05, 4.69) is 31.2 Å². The molecule has 0 bridgehead atoms. The highest BCUT2D eigenvalue weighted by Crippen LogP contribution is 2.15. The average molecular weight is 322 g/mol. The Kier molecular flexibility index (Phi) is 4.11. The van der Waals surface area contributed by atoms with Gasteiger partial charge in [0.15, 0.2) is 0 Å². The van der Waals surface area contributed by atoms with Crippen LogP contribution in [-0.4, -0.2) is 21.0 Å². The van der Waals surface area contributed by atoms with Gasteiger partial charge in [-0.25, -0.2) is 14.8 Å². The van der Waals surface area contributed by atoms with Crippen LogP contribution in [0.4, 0.5) is 5.82 Å². The van der Waals surface area contributed by atoms with Crippen molar-refractivity contribution in [3.8, 4) is 0 Å². The number of rotatable bonds is 4. The monoisotopic (exact) mass is 321 g/mol. The Balaban J connectivity index is 2.19. The van der Waals surface area contributed by atoms with Crippen molar-refractivity contribution in [1.29, 1.82) is 0 Å². The number of halogens is 1. The molecule has 2 N–H and O–H groups in total. The average Bonchev–Trinajstić information content (AvgIpc) is 2.36. The van der Waals surface area contributed by atoms with Gasteiger partial charge < -0.3 is 10.4 Å². The van der Waals surface area contributed by atoms with Gasteiger partial charge in [0.2, 0.25) is 0 Å². The van der Waals surface area contributed by atoms with E-state index >= 15 is 0 Å². The smallest absolute Gasteiger partial charge is 0.341 e. The number of benzene rings is 1. The second-order valence-electron chi connectivity index (χ2n) is 3.97. The molecule has 0 aliphatic carbocycles. The van der Waals surface area contributed by atoms with E-state index in [-0.39, 0.29) is 5.56 Å². The normalized spacial score (nSPS) is 10.2. The quantitative estimate of drug-likeness (QED) is 0.905. The highest BCUT2D eigenvalue weighted by molar-refractivity contribution is 9.10. The Bertz CT molecular complexity index is 617. The zero-order valence-corrected chi connectivity index (χ0v) is 11.8. The Morgan fingerprint density at radius 2 is 2.26 bits per heavy atom. The highest BCUT2D eigenvalue weighted by Gasteiger charge is 2.12. The molecule has 98 valence electrons. The van der Waals surface area contributed by atoms with E-state index in [1.807, 2.05) is 24.3 Å². The van der Waals surface area contributed by atoms with Crippen molar-refractivity contribution in [3.05, 3.63) is 51.9 Å². The van der Waals surface area contributed by atoms with Crippen LogP contribution in [0.1, 0.15) is 21.7 Å². The molecule has 2 aromatic rings. The molecule has 0 amide bonds. The van der Waals surface area contributed by atoms with E-state index in [4.69, 9.17) is 5.11 Å². The second kappa shape index (κ2) is 5.79. The molecule has 0 saturated carbocycles. The summed E-state index contributed by atoms with van der Waals surface area (Å²) < 4.78 is 0.976. The van der Waals surface area contributed by atoms with Gasteiger partial charge in [0, 0.05) is 17.2 Å². The molecule has 5 nitrogen and oxygen atoms in total.